The van der Waals surface area contributed by atoms with Crippen molar-refractivity contribution in [3.05, 3.63) is 59.7 Å². The van der Waals surface area contributed by atoms with Crippen LogP contribution in [-0.2, 0) is 4.84 Å². The molecule has 4 nitrogen and oxygen atoms in total. The van der Waals surface area contributed by atoms with Crippen LogP contribution in [0.25, 0.3) is 11.1 Å². The Labute approximate surface area is 161 Å². The third kappa shape index (κ3) is 3.92. The van der Waals surface area contributed by atoms with Crippen molar-refractivity contribution < 1.29 is 9.94 Å². The van der Waals surface area contributed by atoms with Crippen LogP contribution in [0.5, 0.6) is 0 Å². The maximum Gasteiger partial charge on any atom is 0.144 e. The number of piperidine rings is 1. The minimum Gasteiger partial charge on any atom is -0.392 e. The highest BCUT2D eigenvalue weighted by Crippen LogP contribution is 2.36. The van der Waals surface area contributed by atoms with Crippen molar-refractivity contribution in [1.82, 2.24) is 4.90 Å². The molecule has 2 aliphatic rings. The van der Waals surface area contributed by atoms with Crippen LogP contribution in [0.4, 0.5) is 0 Å². The van der Waals surface area contributed by atoms with Crippen LogP contribution in [0.2, 0.25) is 0 Å². The zero-order valence-corrected chi connectivity index (χ0v) is 16.1. The van der Waals surface area contributed by atoms with Crippen LogP contribution >= 0.6 is 0 Å². The lowest BCUT2D eigenvalue weighted by atomic mass is 9.92. The van der Waals surface area contributed by atoms with E-state index in [4.69, 9.17) is 4.84 Å². The summed E-state index contributed by atoms with van der Waals surface area (Å²) in [6.07, 6.45) is 0.744. The molecule has 0 bridgehead atoms. The molecule has 1 aliphatic heterocycles. The molecule has 0 spiro atoms. The zero-order chi connectivity index (χ0) is 18.8. The number of oxime groups is 1. The van der Waals surface area contributed by atoms with E-state index in [1.165, 1.54) is 17.5 Å². The van der Waals surface area contributed by atoms with Crippen molar-refractivity contribution in [3.8, 4) is 11.1 Å². The Hall–Kier alpha value is -2.17. The molecule has 4 rings (SSSR count). The molecule has 0 radical (unpaired) electrons. The summed E-state index contributed by atoms with van der Waals surface area (Å²) >= 11 is 0. The van der Waals surface area contributed by atoms with Gasteiger partial charge in [-0.15, -0.1) is 0 Å². The van der Waals surface area contributed by atoms with E-state index < -0.39 is 6.10 Å². The smallest absolute Gasteiger partial charge is 0.144 e. The highest BCUT2D eigenvalue weighted by atomic mass is 16.6. The molecule has 0 amide bonds. The van der Waals surface area contributed by atoms with Gasteiger partial charge in [-0.05, 0) is 29.4 Å². The van der Waals surface area contributed by atoms with Gasteiger partial charge in [0, 0.05) is 30.8 Å². The summed E-state index contributed by atoms with van der Waals surface area (Å²) in [5.74, 6) is 1.38. The van der Waals surface area contributed by atoms with Gasteiger partial charge in [0.05, 0.1) is 0 Å². The summed E-state index contributed by atoms with van der Waals surface area (Å²) in [4.78, 5) is 7.95. The maximum absolute atomic E-state index is 10.4. The van der Waals surface area contributed by atoms with Crippen LogP contribution in [0, 0.1) is 11.8 Å². The number of hydrogen-bond donors (Lipinski definition) is 1. The second-order valence-corrected chi connectivity index (χ2v) is 8.15. The summed E-state index contributed by atoms with van der Waals surface area (Å²) in [6, 6.07) is 16.5. The fourth-order valence-corrected chi connectivity index (χ4v) is 4.57. The third-order valence-electron chi connectivity index (χ3n) is 5.49. The van der Waals surface area contributed by atoms with Gasteiger partial charge >= 0.3 is 0 Å². The Kier molecular flexibility index (Phi) is 5.28. The van der Waals surface area contributed by atoms with Crippen LogP contribution < -0.4 is 0 Å². The van der Waals surface area contributed by atoms with Crippen molar-refractivity contribution in [3.63, 3.8) is 0 Å². The summed E-state index contributed by atoms with van der Waals surface area (Å²) in [5, 5.41) is 14.8. The predicted octanol–water partition coefficient (Wildman–Crippen LogP) is 3.77. The van der Waals surface area contributed by atoms with Gasteiger partial charge in [-0.1, -0.05) is 67.5 Å². The fraction of sp³-hybridized carbons (Fsp3) is 0.435. The fourth-order valence-electron chi connectivity index (χ4n) is 4.57. The van der Waals surface area contributed by atoms with Gasteiger partial charge in [0.15, 0.2) is 0 Å². The minimum absolute atomic E-state index is 0.215. The highest BCUT2D eigenvalue weighted by molar-refractivity contribution is 6.24. The average molecular weight is 364 g/mol. The van der Waals surface area contributed by atoms with Gasteiger partial charge < -0.3 is 14.8 Å². The molecule has 0 unspecified atom stereocenters. The monoisotopic (exact) mass is 364 g/mol. The number of aliphatic hydroxyl groups is 1. The third-order valence-corrected chi connectivity index (χ3v) is 5.49. The van der Waals surface area contributed by atoms with Crippen molar-refractivity contribution >= 4 is 5.71 Å². The van der Waals surface area contributed by atoms with Crippen LogP contribution in [0.15, 0.2) is 53.7 Å². The number of hydrogen-bond acceptors (Lipinski definition) is 4. The first-order valence-corrected chi connectivity index (χ1v) is 9.91. The highest BCUT2D eigenvalue weighted by Gasteiger charge is 2.25. The molecule has 1 heterocycles. The van der Waals surface area contributed by atoms with E-state index in [-0.39, 0.29) is 6.61 Å². The first-order valence-electron chi connectivity index (χ1n) is 9.91. The number of β-amino-alcohol motifs (C(OH)–C–C–N with tert-alkyl or cyclic N) is 1. The zero-order valence-electron chi connectivity index (χ0n) is 16.1. The van der Waals surface area contributed by atoms with E-state index >= 15 is 0 Å². The number of likely N-dealkylation sites (tertiary alicyclic amines) is 1. The molecule has 0 aromatic heterocycles. The Morgan fingerprint density at radius 1 is 0.963 bits per heavy atom. The Balaban J connectivity index is 1.41. The molecule has 2 aromatic rings. The van der Waals surface area contributed by atoms with Gasteiger partial charge in [0.25, 0.3) is 0 Å². The lowest BCUT2D eigenvalue weighted by Gasteiger charge is -2.35. The van der Waals surface area contributed by atoms with Gasteiger partial charge in [-0.25, -0.2) is 0 Å². The molecule has 1 aliphatic carbocycles. The number of rotatable bonds is 5. The minimum atomic E-state index is -0.529. The first-order chi connectivity index (χ1) is 13.1. The summed E-state index contributed by atoms with van der Waals surface area (Å²) < 4.78 is 0. The maximum atomic E-state index is 10.4. The molecule has 2 aromatic carbocycles. The molecule has 1 N–H and O–H groups in total. The molecule has 142 valence electrons. The van der Waals surface area contributed by atoms with E-state index in [1.54, 1.807) is 0 Å². The lowest BCUT2D eigenvalue weighted by molar-refractivity contribution is 0.00660. The van der Waals surface area contributed by atoms with E-state index in [9.17, 15) is 5.11 Å². The molecule has 1 fully saturated rings. The lowest BCUT2D eigenvalue weighted by Crippen LogP contribution is -2.43. The molecule has 0 saturated carbocycles. The Morgan fingerprint density at radius 2 is 1.48 bits per heavy atom. The van der Waals surface area contributed by atoms with E-state index in [0.717, 1.165) is 29.9 Å². The number of fused-ring (bicyclic) bond motifs is 3. The first kappa shape index (κ1) is 18.2. The normalized spacial score (nSPS) is 22.9. The quantitative estimate of drug-likeness (QED) is 0.701. The van der Waals surface area contributed by atoms with Crippen molar-refractivity contribution in [2.24, 2.45) is 17.0 Å². The molecule has 27 heavy (non-hydrogen) atoms. The second-order valence-electron chi connectivity index (χ2n) is 8.15. The largest absolute Gasteiger partial charge is 0.392 e. The van der Waals surface area contributed by atoms with Gasteiger partial charge in [0.2, 0.25) is 0 Å². The predicted molar refractivity (Wildman–Crippen MR) is 109 cm³/mol. The number of aliphatic hydroxyl groups excluding tert-OH is 1. The molecular formula is C23H28N2O2. The number of benzene rings is 2. The van der Waals surface area contributed by atoms with E-state index in [1.807, 2.05) is 24.3 Å². The molecule has 4 heteroatoms. The molecular weight excluding hydrogens is 336 g/mol. The molecule has 3 atom stereocenters. The summed E-state index contributed by atoms with van der Waals surface area (Å²) in [5.41, 5.74) is 5.41. The van der Waals surface area contributed by atoms with Crippen molar-refractivity contribution in [2.45, 2.75) is 26.4 Å². The van der Waals surface area contributed by atoms with E-state index in [0.29, 0.717) is 18.4 Å². The van der Waals surface area contributed by atoms with Gasteiger partial charge in [-0.3, -0.25) is 0 Å². The molecule has 1 saturated heterocycles. The van der Waals surface area contributed by atoms with Gasteiger partial charge in [-0.2, -0.15) is 0 Å². The number of nitrogens with zero attached hydrogens (tertiary/aromatic N) is 2. The van der Waals surface area contributed by atoms with Crippen LogP contribution in [-0.4, -0.2) is 48.1 Å². The van der Waals surface area contributed by atoms with Crippen molar-refractivity contribution in [1.29, 1.82) is 0 Å². The van der Waals surface area contributed by atoms with E-state index in [2.05, 4.69) is 48.2 Å². The second kappa shape index (κ2) is 7.83. The van der Waals surface area contributed by atoms with Gasteiger partial charge in [0.1, 0.15) is 18.4 Å². The van der Waals surface area contributed by atoms with Crippen LogP contribution in [0.3, 0.4) is 0 Å². The Bertz CT molecular complexity index is 775. The van der Waals surface area contributed by atoms with Crippen LogP contribution in [0.1, 0.15) is 31.4 Å². The average Bonchev–Trinajstić information content (AvgIpc) is 2.95. The standard InChI is InChI=1S/C23H28N2O2/c1-16-11-17(2)13-25(12-16)14-18(26)15-27-24-23-21-9-5-3-7-19(21)20-8-4-6-10-22(20)23/h3-10,16-18,26H,11-15H2,1-2H3/t16-,17-,18-/m0/s1. The topological polar surface area (TPSA) is 45.1 Å². The summed E-state index contributed by atoms with van der Waals surface area (Å²) in [7, 11) is 0. The SMILES string of the molecule is C[C@H]1C[C@H](C)CN(C[C@H](O)CON=C2c3ccccc3-c3ccccc32)C1. The van der Waals surface area contributed by atoms with Crippen molar-refractivity contribution in [2.75, 3.05) is 26.2 Å². The Morgan fingerprint density at radius 3 is 2.04 bits per heavy atom. The summed E-state index contributed by atoms with van der Waals surface area (Å²) in [6.45, 7) is 7.53.